The molecular formula is C20H15NO2. The lowest BCUT2D eigenvalue weighted by atomic mass is 9.99. The summed E-state index contributed by atoms with van der Waals surface area (Å²) >= 11 is 0. The Balaban J connectivity index is 2.12. The fraction of sp³-hybridized carbons (Fsp3) is 0.0500. The number of rotatable bonds is 2. The van der Waals surface area contributed by atoms with Gasteiger partial charge in [0.1, 0.15) is 11.5 Å². The minimum absolute atomic E-state index is 0.255. The molecule has 1 aromatic heterocycles. The molecule has 0 saturated heterocycles. The van der Waals surface area contributed by atoms with Gasteiger partial charge in [0.25, 0.3) is 0 Å². The first kappa shape index (κ1) is 13.6. The summed E-state index contributed by atoms with van der Waals surface area (Å²) in [4.78, 5) is 4.84. The Labute approximate surface area is 133 Å². The van der Waals surface area contributed by atoms with Crippen LogP contribution in [-0.4, -0.2) is 17.2 Å². The molecule has 23 heavy (non-hydrogen) atoms. The minimum atomic E-state index is 0.255. The Hall–Kier alpha value is -3.07. The molecule has 1 N–H and O–H groups in total. The number of benzene rings is 3. The lowest BCUT2D eigenvalue weighted by Gasteiger charge is -2.11. The number of phenols is 1. The minimum Gasteiger partial charge on any atom is -0.508 e. The summed E-state index contributed by atoms with van der Waals surface area (Å²) in [5.41, 5.74) is 2.78. The molecule has 0 aliphatic carbocycles. The average Bonchev–Trinajstić information content (AvgIpc) is 2.61. The zero-order chi connectivity index (χ0) is 15.8. The third kappa shape index (κ3) is 2.27. The van der Waals surface area contributed by atoms with Crippen LogP contribution in [0.2, 0.25) is 0 Å². The Morgan fingerprint density at radius 2 is 1.70 bits per heavy atom. The zero-order valence-corrected chi connectivity index (χ0v) is 12.7. The molecule has 1 heterocycles. The van der Waals surface area contributed by atoms with Crippen molar-refractivity contribution in [2.24, 2.45) is 0 Å². The van der Waals surface area contributed by atoms with Crippen LogP contribution >= 0.6 is 0 Å². The SMILES string of the molecule is COc1cccc(-c2nc3ccccc3c3cc(O)ccc23)c1. The van der Waals surface area contributed by atoms with Crippen molar-refractivity contribution in [2.45, 2.75) is 0 Å². The van der Waals surface area contributed by atoms with Crippen LogP contribution in [0.1, 0.15) is 0 Å². The number of aromatic hydroxyl groups is 1. The van der Waals surface area contributed by atoms with E-state index in [1.165, 1.54) is 0 Å². The second kappa shape index (κ2) is 5.29. The van der Waals surface area contributed by atoms with E-state index in [2.05, 4.69) is 0 Å². The van der Waals surface area contributed by atoms with Gasteiger partial charge >= 0.3 is 0 Å². The first-order chi connectivity index (χ1) is 11.3. The molecule has 4 rings (SSSR count). The van der Waals surface area contributed by atoms with E-state index >= 15 is 0 Å². The van der Waals surface area contributed by atoms with Crippen LogP contribution in [0, 0.1) is 0 Å². The van der Waals surface area contributed by atoms with Crippen molar-refractivity contribution in [3.05, 3.63) is 66.7 Å². The van der Waals surface area contributed by atoms with Gasteiger partial charge in [-0.05, 0) is 41.8 Å². The molecule has 0 aliphatic rings. The van der Waals surface area contributed by atoms with Crippen LogP contribution in [0.25, 0.3) is 32.9 Å². The summed E-state index contributed by atoms with van der Waals surface area (Å²) in [6, 6.07) is 21.2. The molecule has 0 amide bonds. The third-order valence-corrected chi connectivity index (χ3v) is 4.03. The van der Waals surface area contributed by atoms with Gasteiger partial charge in [-0.1, -0.05) is 30.3 Å². The second-order valence-corrected chi connectivity index (χ2v) is 5.44. The van der Waals surface area contributed by atoms with Gasteiger partial charge < -0.3 is 9.84 Å². The summed E-state index contributed by atoms with van der Waals surface area (Å²) in [6.45, 7) is 0. The predicted octanol–water partition coefficient (Wildman–Crippen LogP) is 4.77. The molecule has 3 heteroatoms. The molecule has 0 spiro atoms. The van der Waals surface area contributed by atoms with Crippen molar-refractivity contribution in [2.75, 3.05) is 7.11 Å². The summed E-state index contributed by atoms with van der Waals surface area (Å²) in [5.74, 6) is 1.05. The molecule has 3 aromatic carbocycles. The van der Waals surface area contributed by atoms with Crippen molar-refractivity contribution in [1.82, 2.24) is 4.98 Å². The maximum atomic E-state index is 9.89. The molecule has 0 bridgehead atoms. The van der Waals surface area contributed by atoms with E-state index in [9.17, 15) is 5.11 Å². The fourth-order valence-corrected chi connectivity index (χ4v) is 2.93. The number of pyridine rings is 1. The van der Waals surface area contributed by atoms with Gasteiger partial charge in [-0.15, -0.1) is 0 Å². The lowest BCUT2D eigenvalue weighted by molar-refractivity contribution is 0.415. The number of hydrogen-bond acceptors (Lipinski definition) is 3. The van der Waals surface area contributed by atoms with Crippen LogP contribution < -0.4 is 4.74 Å². The molecule has 0 unspecified atom stereocenters. The molecule has 0 atom stereocenters. The largest absolute Gasteiger partial charge is 0.508 e. The van der Waals surface area contributed by atoms with E-state index < -0.39 is 0 Å². The lowest BCUT2D eigenvalue weighted by Crippen LogP contribution is -1.90. The number of methoxy groups -OCH3 is 1. The van der Waals surface area contributed by atoms with Crippen LogP contribution in [0.3, 0.4) is 0 Å². The van der Waals surface area contributed by atoms with Gasteiger partial charge in [0.15, 0.2) is 0 Å². The molecule has 112 valence electrons. The van der Waals surface area contributed by atoms with E-state index in [1.54, 1.807) is 19.2 Å². The number of para-hydroxylation sites is 1. The second-order valence-electron chi connectivity index (χ2n) is 5.44. The van der Waals surface area contributed by atoms with Crippen molar-refractivity contribution >= 4 is 21.7 Å². The normalized spacial score (nSPS) is 11.0. The Morgan fingerprint density at radius 1 is 0.826 bits per heavy atom. The van der Waals surface area contributed by atoms with Crippen molar-refractivity contribution < 1.29 is 9.84 Å². The first-order valence-electron chi connectivity index (χ1n) is 7.42. The number of aromatic nitrogens is 1. The Kier molecular flexibility index (Phi) is 3.12. The van der Waals surface area contributed by atoms with E-state index in [1.807, 2.05) is 54.6 Å². The van der Waals surface area contributed by atoms with Gasteiger partial charge in [0.2, 0.25) is 0 Å². The summed E-state index contributed by atoms with van der Waals surface area (Å²) in [5, 5.41) is 12.9. The maximum absolute atomic E-state index is 9.89. The van der Waals surface area contributed by atoms with Crippen LogP contribution in [0.4, 0.5) is 0 Å². The van der Waals surface area contributed by atoms with E-state index in [-0.39, 0.29) is 5.75 Å². The van der Waals surface area contributed by atoms with Crippen molar-refractivity contribution in [3.8, 4) is 22.8 Å². The predicted molar refractivity (Wildman–Crippen MR) is 92.9 cm³/mol. The summed E-state index contributed by atoms with van der Waals surface area (Å²) in [7, 11) is 1.66. The van der Waals surface area contributed by atoms with Gasteiger partial charge in [0, 0.05) is 16.3 Å². The highest BCUT2D eigenvalue weighted by Crippen LogP contribution is 2.35. The third-order valence-electron chi connectivity index (χ3n) is 4.03. The number of ether oxygens (including phenoxy) is 1. The van der Waals surface area contributed by atoms with Crippen LogP contribution in [-0.2, 0) is 0 Å². The number of hydrogen-bond donors (Lipinski definition) is 1. The molecule has 0 fully saturated rings. The highest BCUT2D eigenvalue weighted by Gasteiger charge is 2.11. The van der Waals surface area contributed by atoms with Gasteiger partial charge in [0.05, 0.1) is 18.3 Å². The molecule has 0 aliphatic heterocycles. The molecule has 0 radical (unpaired) electrons. The van der Waals surface area contributed by atoms with Gasteiger partial charge in [-0.3, -0.25) is 0 Å². The molecule has 4 aromatic rings. The number of fused-ring (bicyclic) bond motifs is 3. The molecule has 0 saturated carbocycles. The van der Waals surface area contributed by atoms with Crippen molar-refractivity contribution in [3.63, 3.8) is 0 Å². The topological polar surface area (TPSA) is 42.4 Å². The number of phenolic OH excluding ortho intramolecular Hbond substituents is 1. The van der Waals surface area contributed by atoms with Crippen LogP contribution in [0.5, 0.6) is 11.5 Å². The van der Waals surface area contributed by atoms with E-state index in [0.29, 0.717) is 0 Å². The Bertz CT molecular complexity index is 1020. The van der Waals surface area contributed by atoms with Crippen LogP contribution in [0.15, 0.2) is 66.7 Å². The standard InChI is InChI=1S/C20H15NO2/c1-23-15-6-4-5-13(11-15)20-17-10-9-14(22)12-18(17)16-7-2-3-8-19(16)21-20/h2-12,22H,1H3. The zero-order valence-electron chi connectivity index (χ0n) is 12.7. The summed E-state index contributed by atoms with van der Waals surface area (Å²) in [6.07, 6.45) is 0. The maximum Gasteiger partial charge on any atom is 0.119 e. The van der Waals surface area contributed by atoms with E-state index in [4.69, 9.17) is 9.72 Å². The highest BCUT2D eigenvalue weighted by molar-refractivity contribution is 6.11. The van der Waals surface area contributed by atoms with Gasteiger partial charge in [-0.2, -0.15) is 0 Å². The van der Waals surface area contributed by atoms with Gasteiger partial charge in [-0.25, -0.2) is 4.98 Å². The molecule has 3 nitrogen and oxygen atoms in total. The number of nitrogens with zero attached hydrogens (tertiary/aromatic N) is 1. The quantitative estimate of drug-likeness (QED) is 0.542. The summed E-state index contributed by atoms with van der Waals surface area (Å²) < 4.78 is 5.33. The Morgan fingerprint density at radius 3 is 2.57 bits per heavy atom. The fourth-order valence-electron chi connectivity index (χ4n) is 2.93. The molecular weight excluding hydrogens is 286 g/mol. The van der Waals surface area contributed by atoms with E-state index in [0.717, 1.165) is 38.7 Å². The average molecular weight is 301 g/mol. The first-order valence-corrected chi connectivity index (χ1v) is 7.42. The van der Waals surface area contributed by atoms with Crippen molar-refractivity contribution in [1.29, 1.82) is 0 Å². The monoisotopic (exact) mass is 301 g/mol. The smallest absolute Gasteiger partial charge is 0.119 e. The highest BCUT2D eigenvalue weighted by atomic mass is 16.5.